The second kappa shape index (κ2) is 6.39. The molecule has 0 unspecified atom stereocenters. The standard InChI is InChI=1S/C16H8BrN3O3S/c17-15-6-5-14(24-15)11-7-13(19-16(21)12(11)8-18)9-1-3-10(4-2-9)20(22)23/h1-7H,(H,19,21). The highest BCUT2D eigenvalue weighted by atomic mass is 79.9. The van der Waals surface area contributed by atoms with Crippen molar-refractivity contribution < 1.29 is 4.92 Å². The lowest BCUT2D eigenvalue weighted by Gasteiger charge is -2.06. The van der Waals surface area contributed by atoms with Crippen molar-refractivity contribution in [1.29, 1.82) is 5.26 Å². The summed E-state index contributed by atoms with van der Waals surface area (Å²) in [5.41, 5.74) is 1.16. The van der Waals surface area contributed by atoms with Gasteiger partial charge in [-0.25, -0.2) is 0 Å². The molecule has 0 saturated heterocycles. The maximum atomic E-state index is 12.2. The number of H-pyrrole nitrogens is 1. The van der Waals surface area contributed by atoms with Crippen LogP contribution >= 0.6 is 27.3 Å². The smallest absolute Gasteiger partial charge is 0.269 e. The quantitative estimate of drug-likeness (QED) is 0.521. The molecule has 0 aliphatic rings. The lowest BCUT2D eigenvalue weighted by atomic mass is 10.0. The number of benzene rings is 1. The molecule has 2 heterocycles. The van der Waals surface area contributed by atoms with E-state index >= 15 is 0 Å². The van der Waals surface area contributed by atoms with Crippen LogP contribution < -0.4 is 5.56 Å². The van der Waals surface area contributed by atoms with Crippen LogP contribution in [0.2, 0.25) is 0 Å². The molecule has 0 spiro atoms. The zero-order valence-corrected chi connectivity index (χ0v) is 14.3. The number of aromatic amines is 1. The first kappa shape index (κ1) is 16.1. The van der Waals surface area contributed by atoms with Crippen LogP contribution in [0.3, 0.4) is 0 Å². The van der Waals surface area contributed by atoms with Crippen LogP contribution in [0.5, 0.6) is 0 Å². The van der Waals surface area contributed by atoms with Crippen LogP contribution in [0.25, 0.3) is 21.7 Å². The Morgan fingerprint density at radius 3 is 2.46 bits per heavy atom. The summed E-state index contributed by atoms with van der Waals surface area (Å²) < 4.78 is 0.888. The third-order valence-electron chi connectivity index (χ3n) is 3.37. The van der Waals surface area contributed by atoms with Gasteiger partial charge in [-0.3, -0.25) is 14.9 Å². The number of halogens is 1. The number of non-ortho nitro benzene ring substituents is 1. The van der Waals surface area contributed by atoms with Crippen molar-refractivity contribution in [2.24, 2.45) is 0 Å². The number of pyridine rings is 1. The minimum absolute atomic E-state index is 0.0304. The Morgan fingerprint density at radius 1 is 1.21 bits per heavy atom. The molecular weight excluding hydrogens is 394 g/mol. The van der Waals surface area contributed by atoms with Crippen LogP contribution in [0.4, 0.5) is 5.69 Å². The Labute approximate surface area is 148 Å². The van der Waals surface area contributed by atoms with Crippen molar-refractivity contribution in [2.45, 2.75) is 0 Å². The molecule has 8 heteroatoms. The minimum atomic E-state index is -0.493. The molecule has 3 aromatic rings. The second-order valence-corrected chi connectivity index (χ2v) is 7.28. The summed E-state index contributed by atoms with van der Waals surface area (Å²) in [4.78, 5) is 25.9. The predicted molar refractivity (Wildman–Crippen MR) is 94.9 cm³/mol. The highest BCUT2D eigenvalue weighted by molar-refractivity contribution is 9.11. The zero-order chi connectivity index (χ0) is 17.3. The van der Waals surface area contributed by atoms with Gasteiger partial charge in [-0.05, 0) is 51.8 Å². The lowest BCUT2D eigenvalue weighted by molar-refractivity contribution is -0.384. The number of aromatic nitrogens is 1. The molecule has 6 nitrogen and oxygen atoms in total. The van der Waals surface area contributed by atoms with E-state index < -0.39 is 10.5 Å². The van der Waals surface area contributed by atoms with Crippen LogP contribution in [0.1, 0.15) is 5.56 Å². The molecule has 0 aliphatic carbocycles. The number of nitro benzene ring substituents is 1. The monoisotopic (exact) mass is 401 g/mol. The number of nitriles is 1. The number of hydrogen-bond donors (Lipinski definition) is 1. The number of nitrogens with one attached hydrogen (secondary N) is 1. The molecule has 0 fully saturated rings. The summed E-state index contributed by atoms with van der Waals surface area (Å²) in [6.45, 7) is 0. The molecule has 0 atom stereocenters. The maximum Gasteiger partial charge on any atom is 0.269 e. The van der Waals surface area contributed by atoms with Crippen molar-refractivity contribution in [2.75, 3.05) is 0 Å². The van der Waals surface area contributed by atoms with E-state index in [1.165, 1.54) is 23.5 Å². The van der Waals surface area contributed by atoms with E-state index in [4.69, 9.17) is 0 Å². The second-order valence-electron chi connectivity index (χ2n) is 4.82. The fraction of sp³-hybridized carbons (Fsp3) is 0. The van der Waals surface area contributed by atoms with Gasteiger partial charge in [0.1, 0.15) is 11.6 Å². The minimum Gasteiger partial charge on any atom is -0.321 e. The van der Waals surface area contributed by atoms with Gasteiger partial charge in [-0.1, -0.05) is 0 Å². The van der Waals surface area contributed by atoms with Gasteiger partial charge < -0.3 is 4.98 Å². The fourth-order valence-corrected chi connectivity index (χ4v) is 3.65. The summed E-state index contributed by atoms with van der Waals surface area (Å²) in [7, 11) is 0. The van der Waals surface area contributed by atoms with E-state index in [9.17, 15) is 20.2 Å². The molecule has 3 rings (SSSR count). The molecule has 0 aliphatic heterocycles. The predicted octanol–water partition coefficient (Wildman–Crippen LogP) is 4.31. The van der Waals surface area contributed by atoms with Crippen molar-refractivity contribution in [3.05, 3.63) is 72.3 Å². The van der Waals surface area contributed by atoms with Gasteiger partial charge in [0, 0.05) is 28.3 Å². The molecule has 0 amide bonds. The van der Waals surface area contributed by atoms with Crippen LogP contribution in [-0.2, 0) is 0 Å². The Hall–Kier alpha value is -2.76. The van der Waals surface area contributed by atoms with E-state index in [0.29, 0.717) is 16.8 Å². The third-order valence-corrected chi connectivity index (χ3v) is 5.03. The third kappa shape index (κ3) is 2.99. The number of rotatable bonds is 3. The average molecular weight is 402 g/mol. The lowest BCUT2D eigenvalue weighted by Crippen LogP contribution is -2.12. The molecule has 2 aromatic heterocycles. The first-order valence-electron chi connectivity index (χ1n) is 6.67. The normalized spacial score (nSPS) is 10.3. The molecule has 1 aromatic carbocycles. The molecule has 0 radical (unpaired) electrons. The Balaban J connectivity index is 2.17. The fourth-order valence-electron chi connectivity index (χ4n) is 2.24. The van der Waals surface area contributed by atoms with Gasteiger partial charge >= 0.3 is 0 Å². The van der Waals surface area contributed by atoms with Gasteiger partial charge in [0.05, 0.1) is 8.71 Å². The summed E-state index contributed by atoms with van der Waals surface area (Å²) in [6.07, 6.45) is 0. The highest BCUT2D eigenvalue weighted by Crippen LogP contribution is 2.34. The summed E-state index contributed by atoms with van der Waals surface area (Å²) in [6, 6.07) is 13.2. The largest absolute Gasteiger partial charge is 0.321 e. The van der Waals surface area contributed by atoms with Crippen LogP contribution in [0.15, 0.2) is 51.0 Å². The number of nitrogens with zero attached hydrogens (tertiary/aromatic N) is 2. The van der Waals surface area contributed by atoms with Crippen molar-refractivity contribution in [3.63, 3.8) is 0 Å². The summed E-state index contributed by atoms with van der Waals surface area (Å²) in [5, 5.41) is 20.0. The molecular formula is C16H8BrN3O3S. The van der Waals surface area contributed by atoms with Gasteiger partial charge in [0.15, 0.2) is 0 Å². The van der Waals surface area contributed by atoms with E-state index in [1.807, 2.05) is 18.2 Å². The summed E-state index contributed by atoms with van der Waals surface area (Å²) in [5.74, 6) is 0. The number of thiophene rings is 1. The maximum absolute atomic E-state index is 12.2. The van der Waals surface area contributed by atoms with Crippen LogP contribution in [0, 0.1) is 21.4 Å². The molecule has 0 bridgehead atoms. The molecule has 118 valence electrons. The average Bonchev–Trinajstić information content (AvgIpc) is 3.00. The molecule has 1 N–H and O–H groups in total. The Kier molecular flexibility index (Phi) is 4.29. The zero-order valence-electron chi connectivity index (χ0n) is 11.9. The van der Waals surface area contributed by atoms with Crippen LogP contribution in [-0.4, -0.2) is 9.91 Å². The van der Waals surface area contributed by atoms with Crippen molar-refractivity contribution >= 4 is 33.0 Å². The van der Waals surface area contributed by atoms with E-state index in [0.717, 1.165) is 8.66 Å². The SMILES string of the molecule is N#Cc1c(-c2ccc(Br)s2)cc(-c2ccc([N+](=O)[O-])cc2)[nH]c1=O. The van der Waals surface area contributed by atoms with Gasteiger partial charge in [-0.15, -0.1) is 11.3 Å². The van der Waals surface area contributed by atoms with Gasteiger partial charge in [-0.2, -0.15) is 5.26 Å². The van der Waals surface area contributed by atoms with E-state index in [2.05, 4.69) is 20.9 Å². The number of nitro groups is 1. The molecule has 0 saturated carbocycles. The van der Waals surface area contributed by atoms with Gasteiger partial charge in [0.25, 0.3) is 11.2 Å². The van der Waals surface area contributed by atoms with Gasteiger partial charge in [0.2, 0.25) is 0 Å². The molecule has 24 heavy (non-hydrogen) atoms. The highest BCUT2D eigenvalue weighted by Gasteiger charge is 2.14. The number of hydrogen-bond acceptors (Lipinski definition) is 5. The Morgan fingerprint density at radius 2 is 1.92 bits per heavy atom. The Bertz CT molecular complexity index is 1030. The topological polar surface area (TPSA) is 99.8 Å². The summed E-state index contributed by atoms with van der Waals surface area (Å²) >= 11 is 4.78. The van der Waals surface area contributed by atoms with E-state index in [-0.39, 0.29) is 11.3 Å². The van der Waals surface area contributed by atoms with E-state index in [1.54, 1.807) is 18.2 Å². The van der Waals surface area contributed by atoms with Crippen molar-refractivity contribution in [3.8, 4) is 27.8 Å². The first-order chi connectivity index (χ1) is 11.5. The first-order valence-corrected chi connectivity index (χ1v) is 8.28. The van der Waals surface area contributed by atoms with Crippen molar-refractivity contribution in [1.82, 2.24) is 4.98 Å².